The first-order chi connectivity index (χ1) is 18.5. The van der Waals surface area contributed by atoms with Crippen LogP contribution < -0.4 is 9.64 Å². The minimum absolute atomic E-state index is 0.00769. The van der Waals surface area contributed by atoms with Gasteiger partial charge < -0.3 is 9.64 Å². The first kappa shape index (κ1) is 27.8. The Kier molecular flexibility index (Phi) is 8.03. The van der Waals surface area contributed by atoms with Crippen molar-refractivity contribution in [3.8, 4) is 17.6 Å². The van der Waals surface area contributed by atoms with Gasteiger partial charge in [-0.2, -0.15) is 17.2 Å². The molecule has 3 aromatic rings. The lowest BCUT2D eigenvalue weighted by Gasteiger charge is -2.26. The van der Waals surface area contributed by atoms with Gasteiger partial charge in [0.2, 0.25) is 23.3 Å². The van der Waals surface area contributed by atoms with Crippen LogP contribution in [0.15, 0.2) is 53.4 Å². The van der Waals surface area contributed by atoms with Crippen molar-refractivity contribution < 1.29 is 44.9 Å². The molecule has 1 amide bonds. The van der Waals surface area contributed by atoms with Crippen LogP contribution in [0.5, 0.6) is 5.75 Å². The van der Waals surface area contributed by atoms with Crippen molar-refractivity contribution in [3.63, 3.8) is 0 Å². The molecule has 1 N–H and O–H groups in total. The lowest BCUT2D eigenvalue weighted by atomic mass is 10.0. The van der Waals surface area contributed by atoms with Crippen LogP contribution in [0, 0.1) is 35.1 Å². The second-order valence-electron chi connectivity index (χ2n) is 8.47. The van der Waals surface area contributed by atoms with Gasteiger partial charge in [0.1, 0.15) is 0 Å². The first-order valence-corrected chi connectivity index (χ1v) is 13.0. The predicted molar refractivity (Wildman–Crippen MR) is 130 cm³/mol. The highest BCUT2D eigenvalue weighted by atomic mass is 32.2. The zero-order valence-corrected chi connectivity index (χ0v) is 20.8. The van der Waals surface area contributed by atoms with E-state index in [1.54, 1.807) is 29.2 Å². The van der Waals surface area contributed by atoms with E-state index in [1.807, 2.05) is 24.3 Å². The monoisotopic (exact) mass is 561 g/mol. The van der Waals surface area contributed by atoms with E-state index >= 15 is 0 Å². The molecule has 1 aliphatic rings. The topological polar surface area (TPSA) is 101 Å². The van der Waals surface area contributed by atoms with Crippen LogP contribution in [0.1, 0.15) is 42.4 Å². The van der Waals surface area contributed by atoms with Gasteiger partial charge in [-0.1, -0.05) is 42.2 Å². The molecule has 1 aliphatic heterocycles. The van der Waals surface area contributed by atoms with E-state index in [0.717, 1.165) is 11.1 Å². The molecule has 7 nitrogen and oxygen atoms in total. The second kappa shape index (κ2) is 11.3. The molecule has 0 aliphatic carbocycles. The van der Waals surface area contributed by atoms with Gasteiger partial charge in [0, 0.05) is 24.0 Å². The minimum Gasteiger partial charge on any atom is -0.420 e. The zero-order valence-electron chi connectivity index (χ0n) is 20.0. The van der Waals surface area contributed by atoms with E-state index < -0.39 is 56.4 Å². The molecule has 12 heteroatoms. The average molecular weight is 562 g/mol. The van der Waals surface area contributed by atoms with Crippen LogP contribution in [-0.4, -0.2) is 24.8 Å². The molecule has 1 heterocycles. The van der Waals surface area contributed by atoms with Gasteiger partial charge >= 0.3 is 16.1 Å². The molecule has 0 fully saturated rings. The lowest BCUT2D eigenvalue weighted by molar-refractivity contribution is -0.135. The SMILES string of the molecule is O=C(CCCCC(=O)N1Cc2ccccc2C#Cc2ccccc21)Oc1c(F)c(F)c(S(=O)(=O)O)c(F)c1F. The van der Waals surface area contributed by atoms with Crippen LogP contribution in [0.2, 0.25) is 0 Å². The highest BCUT2D eigenvalue weighted by molar-refractivity contribution is 7.85. The molecule has 0 atom stereocenters. The van der Waals surface area contributed by atoms with E-state index in [-0.39, 0.29) is 31.7 Å². The van der Waals surface area contributed by atoms with Crippen molar-refractivity contribution in [2.45, 2.75) is 37.1 Å². The molecular formula is C27H19F4NO6S. The number of unbranched alkanes of at least 4 members (excludes halogenated alkanes) is 1. The predicted octanol–water partition coefficient (Wildman–Crippen LogP) is 4.90. The fraction of sp³-hybridized carbons (Fsp3) is 0.185. The largest absolute Gasteiger partial charge is 0.420 e. The van der Waals surface area contributed by atoms with Crippen LogP contribution in [0.4, 0.5) is 23.2 Å². The number of benzene rings is 3. The third-order valence-corrected chi connectivity index (χ3v) is 6.73. The van der Waals surface area contributed by atoms with Crippen molar-refractivity contribution in [2.75, 3.05) is 4.90 Å². The summed E-state index contributed by atoms with van der Waals surface area (Å²) < 4.78 is 91.2. The van der Waals surface area contributed by atoms with Crippen molar-refractivity contribution in [2.24, 2.45) is 0 Å². The summed E-state index contributed by atoms with van der Waals surface area (Å²) >= 11 is 0. The van der Waals surface area contributed by atoms with E-state index in [0.29, 0.717) is 11.3 Å². The molecule has 0 spiro atoms. The number of nitrogens with zero attached hydrogens (tertiary/aromatic N) is 1. The molecule has 0 saturated heterocycles. The molecule has 202 valence electrons. The van der Waals surface area contributed by atoms with Crippen molar-refractivity contribution in [3.05, 3.63) is 88.5 Å². The Morgan fingerprint density at radius 3 is 2.08 bits per heavy atom. The van der Waals surface area contributed by atoms with Crippen molar-refractivity contribution in [1.82, 2.24) is 0 Å². The number of carbonyl (C=O) groups is 2. The van der Waals surface area contributed by atoms with Crippen LogP contribution in [-0.2, 0) is 26.3 Å². The Morgan fingerprint density at radius 2 is 1.41 bits per heavy atom. The number of fused-ring (bicyclic) bond motifs is 2. The number of para-hydroxylation sites is 1. The Balaban J connectivity index is 1.41. The fourth-order valence-corrected chi connectivity index (χ4v) is 4.59. The summed E-state index contributed by atoms with van der Waals surface area (Å²) in [4.78, 5) is 24.6. The van der Waals surface area contributed by atoms with Crippen molar-refractivity contribution in [1.29, 1.82) is 0 Å². The number of amides is 1. The van der Waals surface area contributed by atoms with E-state index in [4.69, 9.17) is 4.55 Å². The molecular weight excluding hydrogens is 542 g/mol. The molecule has 0 radical (unpaired) electrons. The average Bonchev–Trinajstić information content (AvgIpc) is 2.88. The normalized spacial score (nSPS) is 12.4. The Labute approximate surface area is 220 Å². The van der Waals surface area contributed by atoms with E-state index in [2.05, 4.69) is 16.6 Å². The number of hydrogen-bond donors (Lipinski definition) is 1. The third-order valence-electron chi connectivity index (χ3n) is 5.85. The molecule has 3 aromatic carbocycles. The summed E-state index contributed by atoms with van der Waals surface area (Å²) in [5.41, 5.74) is 2.91. The summed E-state index contributed by atoms with van der Waals surface area (Å²) in [5, 5.41) is 0. The van der Waals surface area contributed by atoms with Gasteiger partial charge in [-0.3, -0.25) is 14.1 Å². The summed E-state index contributed by atoms with van der Waals surface area (Å²) in [5.74, 6) is -6.63. The Bertz CT molecular complexity index is 1620. The van der Waals surface area contributed by atoms with Gasteiger partial charge in [-0.15, -0.1) is 0 Å². The quantitative estimate of drug-likeness (QED) is 0.0838. The number of rotatable bonds is 7. The number of esters is 1. The maximum absolute atomic E-state index is 14.1. The van der Waals surface area contributed by atoms with Crippen LogP contribution >= 0.6 is 0 Å². The standard InChI is InChI=1S/C27H19F4NO6S/c28-22-24(30)27(39(35,36)37)25(31)23(29)26(22)38-21(34)12-6-5-11-20(33)32-15-18-9-2-1-7-16(18)13-14-17-8-3-4-10-19(17)32/h1-4,7-10H,5-6,11-12,15H2,(H,35,36,37). The van der Waals surface area contributed by atoms with E-state index in [1.165, 1.54) is 0 Å². The van der Waals surface area contributed by atoms with Crippen LogP contribution in [0.3, 0.4) is 0 Å². The highest BCUT2D eigenvalue weighted by Gasteiger charge is 2.34. The summed E-state index contributed by atoms with van der Waals surface area (Å²) in [7, 11) is -5.64. The molecule has 0 aromatic heterocycles. The number of halogens is 4. The summed E-state index contributed by atoms with van der Waals surface area (Å²) in [6.45, 7) is 0.262. The number of anilines is 1. The van der Waals surface area contributed by atoms with Gasteiger partial charge in [0.25, 0.3) is 0 Å². The molecule has 4 rings (SSSR count). The lowest BCUT2D eigenvalue weighted by Crippen LogP contribution is -2.31. The van der Waals surface area contributed by atoms with Gasteiger partial charge in [-0.25, -0.2) is 8.78 Å². The number of carbonyl (C=O) groups excluding carboxylic acids is 2. The summed E-state index contributed by atoms with van der Waals surface area (Å²) in [6.07, 6.45) is -0.296. The zero-order chi connectivity index (χ0) is 28.3. The number of ether oxygens (including phenoxy) is 1. The van der Waals surface area contributed by atoms with Gasteiger partial charge in [0.05, 0.1) is 12.2 Å². The maximum Gasteiger partial charge on any atom is 0.311 e. The molecule has 39 heavy (non-hydrogen) atoms. The Morgan fingerprint density at radius 1 is 0.846 bits per heavy atom. The highest BCUT2D eigenvalue weighted by Crippen LogP contribution is 2.33. The second-order valence-corrected chi connectivity index (χ2v) is 9.83. The fourth-order valence-electron chi connectivity index (χ4n) is 3.96. The molecule has 0 saturated carbocycles. The summed E-state index contributed by atoms with van der Waals surface area (Å²) in [6, 6.07) is 14.5. The van der Waals surface area contributed by atoms with Crippen molar-refractivity contribution >= 4 is 27.7 Å². The minimum atomic E-state index is -5.64. The van der Waals surface area contributed by atoms with Crippen LogP contribution in [0.25, 0.3) is 0 Å². The Hall–Kier alpha value is -4.21. The molecule has 0 bridgehead atoms. The first-order valence-electron chi connectivity index (χ1n) is 11.5. The maximum atomic E-state index is 14.1. The third kappa shape index (κ3) is 5.94. The van der Waals surface area contributed by atoms with Gasteiger partial charge in [0.15, 0.2) is 16.5 Å². The van der Waals surface area contributed by atoms with Gasteiger partial charge in [-0.05, 0) is 36.6 Å². The smallest absolute Gasteiger partial charge is 0.311 e. The number of hydrogen-bond acceptors (Lipinski definition) is 5. The van der Waals surface area contributed by atoms with E-state index in [9.17, 15) is 35.6 Å². The molecule has 0 unspecified atom stereocenters.